The van der Waals surface area contributed by atoms with Crippen LogP contribution >= 0.6 is 11.3 Å². The van der Waals surface area contributed by atoms with Gasteiger partial charge in [-0.25, -0.2) is 4.39 Å². The fraction of sp³-hybridized carbons (Fsp3) is 0.100. The number of aryl methyl sites for hydroxylation is 1. The highest BCUT2D eigenvalue weighted by molar-refractivity contribution is 7.21. The Bertz CT molecular complexity index is 1090. The van der Waals surface area contributed by atoms with Crippen molar-refractivity contribution in [3.8, 4) is 0 Å². The summed E-state index contributed by atoms with van der Waals surface area (Å²) in [7, 11) is 0. The molecule has 0 aliphatic carbocycles. The molecule has 4 nitrogen and oxygen atoms in total. The number of halogens is 1. The number of amides is 1. The predicted molar refractivity (Wildman–Crippen MR) is 102 cm³/mol. The van der Waals surface area contributed by atoms with Crippen molar-refractivity contribution in [3.05, 3.63) is 82.7 Å². The number of hydrogen-bond donors (Lipinski definition) is 1. The summed E-state index contributed by atoms with van der Waals surface area (Å²) in [4.78, 5) is 13.2. The molecule has 0 saturated carbocycles. The summed E-state index contributed by atoms with van der Waals surface area (Å²) in [6.07, 6.45) is 3.62. The average Bonchev–Trinajstić information content (AvgIpc) is 3.24. The first kappa shape index (κ1) is 16.5. The first-order valence-electron chi connectivity index (χ1n) is 8.17. The molecule has 0 aliphatic heterocycles. The monoisotopic (exact) mass is 365 g/mol. The summed E-state index contributed by atoms with van der Waals surface area (Å²) in [5.74, 6) is -0.518. The Kier molecular flexibility index (Phi) is 4.26. The second kappa shape index (κ2) is 6.72. The van der Waals surface area contributed by atoms with Gasteiger partial charge in [-0.3, -0.25) is 9.48 Å². The zero-order chi connectivity index (χ0) is 18.1. The van der Waals surface area contributed by atoms with Crippen molar-refractivity contribution in [1.82, 2.24) is 9.78 Å². The van der Waals surface area contributed by atoms with Crippen LogP contribution in [0, 0.1) is 12.7 Å². The third-order valence-corrected chi connectivity index (χ3v) is 5.45. The molecular formula is C20H16FN3OS. The first-order valence-corrected chi connectivity index (χ1v) is 8.99. The van der Waals surface area contributed by atoms with Crippen molar-refractivity contribution < 1.29 is 9.18 Å². The van der Waals surface area contributed by atoms with Crippen molar-refractivity contribution in [3.63, 3.8) is 0 Å². The zero-order valence-corrected chi connectivity index (χ0v) is 14.9. The number of carbonyl (C=O) groups is 1. The number of carbonyl (C=O) groups excluding carboxylic acids is 1. The van der Waals surface area contributed by atoms with Crippen molar-refractivity contribution in [2.45, 2.75) is 13.5 Å². The summed E-state index contributed by atoms with van der Waals surface area (Å²) in [6.45, 7) is 2.41. The van der Waals surface area contributed by atoms with Gasteiger partial charge >= 0.3 is 0 Å². The quantitative estimate of drug-likeness (QED) is 0.562. The Morgan fingerprint density at radius 1 is 1.23 bits per heavy atom. The highest BCUT2D eigenvalue weighted by atomic mass is 32.1. The molecular weight excluding hydrogens is 349 g/mol. The van der Waals surface area contributed by atoms with E-state index in [0.29, 0.717) is 28.1 Å². The van der Waals surface area contributed by atoms with E-state index in [9.17, 15) is 9.18 Å². The minimum Gasteiger partial charge on any atom is -0.321 e. The molecule has 2 aromatic heterocycles. The van der Waals surface area contributed by atoms with Gasteiger partial charge in [0.15, 0.2) is 0 Å². The third kappa shape index (κ3) is 3.11. The van der Waals surface area contributed by atoms with Crippen LogP contribution in [0.1, 0.15) is 20.8 Å². The lowest BCUT2D eigenvalue weighted by Gasteiger charge is -2.07. The molecule has 0 fully saturated rings. The van der Waals surface area contributed by atoms with E-state index in [1.165, 1.54) is 17.4 Å². The molecule has 0 radical (unpaired) electrons. The number of anilines is 1. The van der Waals surface area contributed by atoms with E-state index in [-0.39, 0.29) is 11.7 Å². The summed E-state index contributed by atoms with van der Waals surface area (Å²) < 4.78 is 16.6. The summed E-state index contributed by atoms with van der Waals surface area (Å²) in [6, 6.07) is 14.4. The number of nitrogens with zero attached hydrogens (tertiary/aromatic N) is 2. The molecule has 0 bridgehead atoms. The average molecular weight is 365 g/mol. The third-order valence-electron chi connectivity index (χ3n) is 4.20. The topological polar surface area (TPSA) is 46.9 Å². The smallest absolute Gasteiger partial charge is 0.266 e. The Morgan fingerprint density at radius 2 is 2.08 bits per heavy atom. The van der Waals surface area contributed by atoms with E-state index in [4.69, 9.17) is 0 Å². The van der Waals surface area contributed by atoms with Crippen LogP contribution in [-0.4, -0.2) is 15.7 Å². The van der Waals surface area contributed by atoms with Crippen molar-refractivity contribution >= 4 is 33.0 Å². The van der Waals surface area contributed by atoms with Crippen molar-refractivity contribution in [2.75, 3.05) is 5.32 Å². The molecule has 2 heterocycles. The van der Waals surface area contributed by atoms with Gasteiger partial charge in [-0.2, -0.15) is 5.10 Å². The molecule has 4 rings (SSSR count). The number of nitrogens with one attached hydrogen (secondary N) is 1. The van der Waals surface area contributed by atoms with E-state index in [1.54, 1.807) is 19.2 Å². The lowest BCUT2D eigenvalue weighted by molar-refractivity contribution is 0.103. The standard InChI is InChI=1S/C20H16FN3OS/c1-13-18-16(21)7-3-8-17(18)26-19(13)20(25)23-15-6-2-5-14(11-15)12-24-10-4-9-22-24/h2-11H,12H2,1H3,(H,23,25). The maximum Gasteiger partial charge on any atom is 0.266 e. The number of hydrogen-bond acceptors (Lipinski definition) is 3. The van der Waals surface area contributed by atoms with E-state index < -0.39 is 0 Å². The molecule has 4 aromatic rings. The minimum atomic E-state index is -0.295. The molecule has 2 aromatic carbocycles. The van der Waals surface area contributed by atoms with Gasteiger partial charge in [0.2, 0.25) is 0 Å². The second-order valence-corrected chi connectivity index (χ2v) is 7.08. The fourth-order valence-electron chi connectivity index (χ4n) is 2.99. The highest BCUT2D eigenvalue weighted by Gasteiger charge is 2.18. The predicted octanol–water partition coefficient (Wildman–Crippen LogP) is 4.85. The van der Waals surface area contributed by atoms with Crippen LogP contribution in [0.15, 0.2) is 60.9 Å². The van der Waals surface area contributed by atoms with E-state index in [2.05, 4.69) is 10.4 Å². The van der Waals surface area contributed by atoms with Gasteiger partial charge in [0.05, 0.1) is 11.4 Å². The van der Waals surface area contributed by atoms with Gasteiger partial charge in [-0.15, -0.1) is 11.3 Å². The number of rotatable bonds is 4. The van der Waals surface area contributed by atoms with Gasteiger partial charge in [0.1, 0.15) is 5.82 Å². The van der Waals surface area contributed by atoms with Gasteiger partial charge in [-0.1, -0.05) is 18.2 Å². The Labute approximate surface area is 153 Å². The lowest BCUT2D eigenvalue weighted by atomic mass is 10.1. The molecule has 1 N–H and O–H groups in total. The van der Waals surface area contributed by atoms with E-state index in [0.717, 1.165) is 10.3 Å². The van der Waals surface area contributed by atoms with Gasteiger partial charge in [-0.05, 0) is 48.4 Å². The SMILES string of the molecule is Cc1c(C(=O)Nc2cccc(Cn3cccn3)c2)sc2cccc(F)c12. The second-order valence-electron chi connectivity index (χ2n) is 6.03. The van der Waals surface area contributed by atoms with Crippen molar-refractivity contribution in [2.24, 2.45) is 0 Å². The molecule has 0 spiro atoms. The Morgan fingerprint density at radius 3 is 2.85 bits per heavy atom. The molecule has 0 saturated heterocycles. The molecule has 26 heavy (non-hydrogen) atoms. The molecule has 0 unspecified atom stereocenters. The number of aromatic nitrogens is 2. The molecule has 130 valence electrons. The van der Waals surface area contributed by atoms with Crippen LogP contribution in [0.3, 0.4) is 0 Å². The zero-order valence-electron chi connectivity index (χ0n) is 14.1. The maximum absolute atomic E-state index is 14.1. The van der Waals surface area contributed by atoms with Crippen LogP contribution < -0.4 is 5.32 Å². The van der Waals surface area contributed by atoms with Crippen LogP contribution in [0.5, 0.6) is 0 Å². The van der Waals surface area contributed by atoms with E-state index in [1.807, 2.05) is 47.3 Å². The normalized spacial score (nSPS) is 11.0. The van der Waals surface area contributed by atoms with Crippen LogP contribution in [0.4, 0.5) is 10.1 Å². The number of thiophene rings is 1. The molecule has 1 amide bonds. The molecule has 6 heteroatoms. The van der Waals surface area contributed by atoms with Gasteiger partial charge in [0, 0.05) is 28.2 Å². The minimum absolute atomic E-state index is 0.223. The lowest BCUT2D eigenvalue weighted by Crippen LogP contribution is -2.11. The summed E-state index contributed by atoms with van der Waals surface area (Å²) >= 11 is 1.31. The Hall–Kier alpha value is -2.99. The van der Waals surface area contributed by atoms with Gasteiger partial charge < -0.3 is 5.32 Å². The van der Waals surface area contributed by atoms with Gasteiger partial charge in [0.25, 0.3) is 5.91 Å². The van der Waals surface area contributed by atoms with E-state index >= 15 is 0 Å². The number of benzene rings is 2. The van der Waals surface area contributed by atoms with Crippen LogP contribution in [0.25, 0.3) is 10.1 Å². The van der Waals surface area contributed by atoms with Crippen LogP contribution in [-0.2, 0) is 6.54 Å². The van der Waals surface area contributed by atoms with Crippen LogP contribution in [0.2, 0.25) is 0 Å². The molecule has 0 aliphatic rings. The summed E-state index contributed by atoms with van der Waals surface area (Å²) in [5.41, 5.74) is 2.41. The highest BCUT2D eigenvalue weighted by Crippen LogP contribution is 2.33. The molecule has 0 atom stereocenters. The maximum atomic E-state index is 14.1. The van der Waals surface area contributed by atoms with Crippen molar-refractivity contribution in [1.29, 1.82) is 0 Å². The first-order chi connectivity index (χ1) is 12.6. The summed E-state index contributed by atoms with van der Waals surface area (Å²) in [5, 5.41) is 7.63. The Balaban J connectivity index is 1.59. The fourth-order valence-corrected chi connectivity index (χ4v) is 4.10. The number of fused-ring (bicyclic) bond motifs is 1. The largest absolute Gasteiger partial charge is 0.321 e.